The van der Waals surface area contributed by atoms with E-state index in [1.54, 1.807) is 0 Å². The molecule has 1 N–H and O–H groups in total. The number of carbonyl (C=O) groups excluding carboxylic acids is 2. The number of carbonyl (C=O) groups is 2. The van der Waals surface area contributed by atoms with Crippen LogP contribution in [-0.4, -0.2) is 32.2 Å². The Morgan fingerprint density at radius 2 is 1.89 bits per heavy atom. The van der Waals surface area contributed by atoms with Gasteiger partial charge in [0.05, 0.1) is 7.11 Å². The highest BCUT2D eigenvalue weighted by atomic mass is 16.6. The van der Waals surface area contributed by atoms with Gasteiger partial charge in [0.25, 0.3) is 0 Å². The van der Waals surface area contributed by atoms with Crippen LogP contribution in [0.15, 0.2) is 48.2 Å². The normalized spacial score (nSPS) is 21.8. The SMILES string of the molecule is COC(=O)COCC(=O)N/C1=C/C=C\C=C/C=C\C1. The van der Waals surface area contributed by atoms with E-state index in [1.807, 2.05) is 42.5 Å². The maximum absolute atomic E-state index is 11.6. The van der Waals surface area contributed by atoms with Gasteiger partial charge in [-0.1, -0.05) is 36.5 Å². The standard InChI is InChI=1S/C14H17NO4/c1-18-14(17)11-19-10-13(16)15-12-8-6-4-2-3-5-7-9-12/h2-8H,9-11H2,1H3,(H,15,16)/b3-2-,6-4-,7-5-,12-8+. The lowest BCUT2D eigenvalue weighted by Gasteiger charge is -2.07. The molecule has 1 aliphatic carbocycles. The highest BCUT2D eigenvalue weighted by Crippen LogP contribution is 2.01. The molecule has 19 heavy (non-hydrogen) atoms. The van der Waals surface area contributed by atoms with Crippen molar-refractivity contribution in [3.63, 3.8) is 0 Å². The number of amides is 1. The second kappa shape index (κ2) is 8.88. The Morgan fingerprint density at radius 3 is 2.68 bits per heavy atom. The Hall–Kier alpha value is -2.14. The number of hydrogen-bond donors (Lipinski definition) is 1. The molecule has 0 aliphatic heterocycles. The fraction of sp³-hybridized carbons (Fsp3) is 0.286. The van der Waals surface area contributed by atoms with E-state index in [0.29, 0.717) is 6.42 Å². The fourth-order valence-corrected chi connectivity index (χ4v) is 1.30. The molecule has 0 saturated carbocycles. The summed E-state index contributed by atoms with van der Waals surface area (Å²) in [5.74, 6) is -0.810. The number of methoxy groups -OCH3 is 1. The van der Waals surface area contributed by atoms with Crippen LogP contribution in [0.4, 0.5) is 0 Å². The number of ether oxygens (including phenoxy) is 2. The molecule has 0 unspecified atom stereocenters. The molecule has 0 aromatic rings. The number of esters is 1. The number of rotatable bonds is 5. The van der Waals surface area contributed by atoms with Crippen LogP contribution in [0.3, 0.4) is 0 Å². The van der Waals surface area contributed by atoms with Crippen LogP contribution in [0.2, 0.25) is 0 Å². The van der Waals surface area contributed by atoms with Gasteiger partial charge in [0.15, 0.2) is 0 Å². The molecule has 0 fully saturated rings. The third kappa shape index (κ3) is 7.00. The van der Waals surface area contributed by atoms with Crippen LogP contribution < -0.4 is 5.32 Å². The summed E-state index contributed by atoms with van der Waals surface area (Å²) in [5, 5.41) is 2.72. The van der Waals surface area contributed by atoms with E-state index in [2.05, 4.69) is 10.1 Å². The van der Waals surface area contributed by atoms with Crippen LogP contribution in [-0.2, 0) is 19.1 Å². The minimum absolute atomic E-state index is 0.182. The molecule has 0 bridgehead atoms. The molecule has 0 spiro atoms. The van der Waals surface area contributed by atoms with Gasteiger partial charge in [-0.05, 0) is 6.08 Å². The Labute approximate surface area is 112 Å². The quantitative estimate of drug-likeness (QED) is 0.758. The summed E-state index contributed by atoms with van der Waals surface area (Å²) in [4.78, 5) is 22.4. The molecule has 1 amide bonds. The Kier molecular flexibility index (Phi) is 6.97. The van der Waals surface area contributed by atoms with Gasteiger partial charge in [0, 0.05) is 12.1 Å². The van der Waals surface area contributed by atoms with Crippen LogP contribution >= 0.6 is 0 Å². The molecule has 0 heterocycles. The minimum atomic E-state index is -0.508. The first-order valence-electron chi connectivity index (χ1n) is 5.86. The largest absolute Gasteiger partial charge is 0.467 e. The summed E-state index contributed by atoms with van der Waals surface area (Å²) >= 11 is 0. The molecule has 0 radical (unpaired) electrons. The first-order valence-corrected chi connectivity index (χ1v) is 5.86. The summed E-state index contributed by atoms with van der Waals surface area (Å²) in [5.41, 5.74) is 0.767. The lowest BCUT2D eigenvalue weighted by molar-refractivity contribution is -0.146. The van der Waals surface area contributed by atoms with Crippen molar-refractivity contribution in [2.24, 2.45) is 0 Å². The van der Waals surface area contributed by atoms with E-state index >= 15 is 0 Å². The second-order valence-electron chi connectivity index (χ2n) is 3.71. The molecule has 0 saturated heterocycles. The van der Waals surface area contributed by atoms with Crippen LogP contribution in [0.5, 0.6) is 0 Å². The summed E-state index contributed by atoms with van der Waals surface area (Å²) in [6.45, 7) is -0.412. The average molecular weight is 263 g/mol. The maximum atomic E-state index is 11.6. The molecule has 5 nitrogen and oxygen atoms in total. The van der Waals surface area contributed by atoms with Gasteiger partial charge in [-0.15, -0.1) is 0 Å². The van der Waals surface area contributed by atoms with Gasteiger partial charge < -0.3 is 14.8 Å². The van der Waals surface area contributed by atoms with Crippen molar-refractivity contribution in [2.45, 2.75) is 6.42 Å². The van der Waals surface area contributed by atoms with Crippen molar-refractivity contribution in [3.8, 4) is 0 Å². The summed E-state index contributed by atoms with van der Waals surface area (Å²) < 4.78 is 9.30. The average Bonchev–Trinajstić information content (AvgIpc) is 2.52. The topological polar surface area (TPSA) is 64.6 Å². The summed E-state index contributed by atoms with van der Waals surface area (Å²) in [6, 6.07) is 0. The smallest absolute Gasteiger partial charge is 0.331 e. The van der Waals surface area contributed by atoms with Crippen molar-refractivity contribution in [1.82, 2.24) is 5.32 Å². The predicted octanol–water partition coefficient (Wildman–Crippen LogP) is 1.25. The highest BCUT2D eigenvalue weighted by molar-refractivity contribution is 5.79. The van der Waals surface area contributed by atoms with Crippen molar-refractivity contribution in [2.75, 3.05) is 20.3 Å². The predicted molar refractivity (Wildman–Crippen MR) is 71.1 cm³/mol. The van der Waals surface area contributed by atoms with Gasteiger partial charge in [0.1, 0.15) is 13.2 Å². The molecular weight excluding hydrogens is 246 g/mol. The highest BCUT2D eigenvalue weighted by Gasteiger charge is 2.06. The van der Waals surface area contributed by atoms with Gasteiger partial charge in [0.2, 0.25) is 5.91 Å². The number of allylic oxidation sites excluding steroid dienone is 7. The zero-order valence-electron chi connectivity index (χ0n) is 10.8. The van der Waals surface area contributed by atoms with Crippen LogP contribution in [0.25, 0.3) is 0 Å². The molecule has 0 aromatic heterocycles. The lowest BCUT2D eigenvalue weighted by atomic mass is 10.2. The second-order valence-corrected chi connectivity index (χ2v) is 3.71. The molecule has 102 valence electrons. The summed E-state index contributed by atoms with van der Waals surface area (Å²) in [7, 11) is 1.26. The van der Waals surface area contributed by atoms with E-state index in [9.17, 15) is 9.59 Å². The Bertz CT molecular complexity index is 433. The Morgan fingerprint density at radius 1 is 1.16 bits per heavy atom. The van der Waals surface area contributed by atoms with Gasteiger partial charge in [-0.25, -0.2) is 4.79 Å². The van der Waals surface area contributed by atoms with E-state index in [0.717, 1.165) is 5.70 Å². The maximum Gasteiger partial charge on any atom is 0.331 e. The first-order chi connectivity index (χ1) is 9.22. The van der Waals surface area contributed by atoms with Gasteiger partial charge in [-0.3, -0.25) is 4.79 Å². The zero-order valence-corrected chi connectivity index (χ0v) is 10.8. The van der Waals surface area contributed by atoms with Crippen LogP contribution in [0, 0.1) is 0 Å². The third-order valence-electron chi connectivity index (χ3n) is 2.20. The Balaban J connectivity index is 2.36. The zero-order chi connectivity index (χ0) is 13.9. The number of hydrogen-bond acceptors (Lipinski definition) is 4. The molecule has 1 aliphatic rings. The molecule has 0 aromatic carbocycles. The first kappa shape index (κ1) is 14.9. The van der Waals surface area contributed by atoms with Crippen LogP contribution in [0.1, 0.15) is 6.42 Å². The summed E-state index contributed by atoms with van der Waals surface area (Å²) in [6.07, 6.45) is 13.8. The van der Waals surface area contributed by atoms with E-state index in [1.165, 1.54) is 7.11 Å². The monoisotopic (exact) mass is 263 g/mol. The molecular formula is C14H17NO4. The van der Waals surface area contributed by atoms with Gasteiger partial charge in [-0.2, -0.15) is 0 Å². The van der Waals surface area contributed by atoms with Crippen molar-refractivity contribution in [1.29, 1.82) is 0 Å². The molecule has 5 heteroatoms. The minimum Gasteiger partial charge on any atom is -0.467 e. The van der Waals surface area contributed by atoms with E-state index in [-0.39, 0.29) is 19.1 Å². The van der Waals surface area contributed by atoms with Crippen molar-refractivity contribution >= 4 is 11.9 Å². The fourth-order valence-electron chi connectivity index (χ4n) is 1.30. The number of nitrogens with one attached hydrogen (secondary N) is 1. The molecule has 0 atom stereocenters. The van der Waals surface area contributed by atoms with Crippen molar-refractivity contribution in [3.05, 3.63) is 48.2 Å². The third-order valence-corrected chi connectivity index (χ3v) is 2.20. The van der Waals surface area contributed by atoms with Crippen molar-refractivity contribution < 1.29 is 19.1 Å². The van der Waals surface area contributed by atoms with Gasteiger partial charge >= 0.3 is 5.97 Å². The van der Waals surface area contributed by atoms with E-state index < -0.39 is 5.97 Å². The van der Waals surface area contributed by atoms with E-state index in [4.69, 9.17) is 4.74 Å². The molecule has 1 rings (SSSR count). The lowest BCUT2D eigenvalue weighted by Crippen LogP contribution is -2.28.